The van der Waals surface area contributed by atoms with E-state index in [9.17, 15) is 0 Å². The SMILES string of the molecule is Cc1ccc(C)c(C)c1.Cc1ccc(C)cc1.Cc1cccc(C)c1.Cc1cccc(C)c1C.Cc1ccccc1.Cc1ccccc1C.[2H]C1([2H])C(C)C([2H])([2H])C([2H])([2H])C([2H])([2H])C1([2H])[2H].[2H]C1([2H])C(C)C([2H])([2H])C([2H])([2H])C1([2H])[2H].[2H]C1([2H])C(CC)C([2H])([2H])C([2H])([2H])C([2H])([2H])C1([2H])[2H].[2H]C1([2H])C(CC)C([2H])([2H])C([2H])([2H])C1([2H])[2H]. The first-order chi connectivity index (χ1) is 50.4. The Labute approximate surface area is 529 Å². The molecular weight excluding hydrogens is 925 g/mol. The number of hydrogen-bond donors (Lipinski definition) is 0. The Morgan fingerprint density at radius 1 is 0.286 bits per heavy atom. The molecule has 0 aliphatic heterocycles. The highest BCUT2D eigenvalue weighted by molar-refractivity contribution is 5.32. The third kappa shape index (κ3) is 37.7. The normalized spacial score (nSPS) is 33.5. The Bertz CT molecular complexity index is 3800. The zero-order valence-corrected chi connectivity index (χ0v) is 49.5. The standard InChI is InChI=1S/2C9H12.3C8H10.C8H16.C7H14.C7H8.C7H14.C6H12/c1-7-4-5-8(2)9(3)6-7;1-7-5-4-6-8(2)9(7)3;1-7-3-5-8(2)6-4-7;1-7-4-3-5-8(2)6-7;1-7-5-3-4-6-8(7)2;1-2-8-6-4-3-5-7-8;2*1-7-5-3-2-4-6-7;1-2-7-5-3-4-6-7;1-6-4-2-3-5-6/h2*4-6H,1-3H3;3*3-6H,1-2H3;8H,2-7H2,1H3;7H,2-6H2,1H3;2-6H,1H3;7H,2-6H2,1H3;6H,2-5H2,1H3/i;;;;;3D2,4D2,5D2,6D2,7D2;2D2,3D2,4D2,5D2,6D2;;3D2,4D2,5D2,6D2;2D2,3D2,4D2,5D2. The molecule has 426 valence electrons. The molecule has 10 rings (SSSR count). The van der Waals surface area contributed by atoms with Crippen molar-refractivity contribution in [2.45, 2.75) is 245 Å². The molecule has 0 radical (unpaired) electrons. The van der Waals surface area contributed by atoms with Crippen molar-refractivity contribution >= 4 is 0 Å². The van der Waals surface area contributed by atoms with E-state index in [1.165, 1.54) is 93.1 Å². The van der Waals surface area contributed by atoms with Crippen LogP contribution >= 0.6 is 0 Å². The molecule has 0 unspecified atom stereocenters. The van der Waals surface area contributed by atoms with Crippen LogP contribution in [0.5, 0.6) is 0 Å². The van der Waals surface area contributed by atoms with Crippen LogP contribution in [-0.2, 0) is 0 Å². The van der Waals surface area contributed by atoms with Crippen molar-refractivity contribution < 1.29 is 49.3 Å². The van der Waals surface area contributed by atoms with Gasteiger partial charge >= 0.3 is 0 Å². The molecule has 77 heavy (non-hydrogen) atoms. The summed E-state index contributed by atoms with van der Waals surface area (Å²) < 4.78 is 271. The molecule has 0 amide bonds. The maximum atomic E-state index is 7.72. The Hall–Kier alpha value is -4.68. The fraction of sp³-hybridized carbons (Fsp3) is 0.532. The summed E-state index contributed by atoms with van der Waals surface area (Å²) in [6, 6.07) is 48.4. The van der Waals surface area contributed by atoms with Gasteiger partial charge in [-0.15, -0.1) is 0 Å². The molecule has 6 aromatic carbocycles. The molecular formula is C77H118. The first kappa shape index (κ1) is 31.4. The summed E-state index contributed by atoms with van der Waals surface area (Å²) in [4.78, 5) is 0. The fourth-order valence-corrected chi connectivity index (χ4v) is 6.12. The van der Waals surface area contributed by atoms with Gasteiger partial charge in [-0.05, 0) is 153 Å². The predicted molar refractivity (Wildman–Crippen MR) is 349 cm³/mol. The first-order valence-electron chi connectivity index (χ1n) is 44.6. The third-order valence-corrected chi connectivity index (χ3v) is 11.6. The largest absolute Gasteiger partial charge is 0.0651 e. The molecule has 0 bridgehead atoms. The topological polar surface area (TPSA) is 0 Å². The van der Waals surface area contributed by atoms with Gasteiger partial charge in [-0.25, -0.2) is 0 Å². The summed E-state index contributed by atoms with van der Waals surface area (Å²) >= 11 is 0. The van der Waals surface area contributed by atoms with Crippen LogP contribution in [-0.4, -0.2) is 0 Å². The van der Waals surface area contributed by atoms with Crippen LogP contribution in [0.1, 0.15) is 277 Å². The smallest absolute Gasteiger partial charge is 0.0269 e. The van der Waals surface area contributed by atoms with Crippen molar-refractivity contribution in [3.05, 3.63) is 212 Å². The first-order valence-corrected chi connectivity index (χ1v) is 26.6. The van der Waals surface area contributed by atoms with Crippen molar-refractivity contribution in [1.29, 1.82) is 0 Å². The predicted octanol–water partition coefficient (Wildman–Crippen LogP) is 24.5. The van der Waals surface area contributed by atoms with Crippen LogP contribution < -0.4 is 0 Å². The second kappa shape index (κ2) is 44.2. The van der Waals surface area contributed by atoms with Crippen LogP contribution in [0.25, 0.3) is 0 Å². The van der Waals surface area contributed by atoms with Crippen LogP contribution in [0.15, 0.2) is 140 Å². The molecule has 4 fully saturated rings. The molecule has 6 aromatic rings. The molecule has 0 N–H and O–H groups in total. The number of hydrogen-bond acceptors (Lipinski definition) is 0. The van der Waals surface area contributed by atoms with Gasteiger partial charge in [-0.3, -0.25) is 0 Å². The van der Waals surface area contributed by atoms with Crippen molar-refractivity contribution in [3.63, 3.8) is 0 Å². The molecule has 0 atom stereocenters. The van der Waals surface area contributed by atoms with Crippen LogP contribution in [0.4, 0.5) is 0 Å². The van der Waals surface area contributed by atoms with Gasteiger partial charge < -0.3 is 0 Å². The minimum Gasteiger partial charge on any atom is -0.0651 e. The summed E-state index contributed by atoms with van der Waals surface area (Å²) in [5, 5.41) is 0. The molecule has 0 aromatic heterocycles. The van der Waals surface area contributed by atoms with Crippen LogP contribution in [0, 0.1) is 114 Å². The van der Waals surface area contributed by atoms with Gasteiger partial charge in [0.15, 0.2) is 0 Å². The van der Waals surface area contributed by atoms with Crippen molar-refractivity contribution in [3.8, 4) is 0 Å². The summed E-state index contributed by atoms with van der Waals surface area (Å²) in [5.74, 6) is -5.75. The van der Waals surface area contributed by atoms with E-state index in [1.54, 1.807) is 0 Å². The third-order valence-electron chi connectivity index (χ3n) is 11.6. The number of aryl methyl sites for hydroxylation is 12. The van der Waals surface area contributed by atoms with Gasteiger partial charge in [0.1, 0.15) is 0 Å². The average molecular weight is 1080 g/mol. The van der Waals surface area contributed by atoms with Gasteiger partial charge in [-0.2, -0.15) is 0 Å². The average Bonchev–Trinajstić information content (AvgIpc) is 1.65. The molecule has 0 saturated heterocycles. The lowest BCUT2D eigenvalue weighted by Gasteiger charge is -2.18. The molecule has 0 heteroatoms. The molecule has 4 saturated carbocycles. The molecule has 0 heterocycles. The summed E-state index contributed by atoms with van der Waals surface area (Å²) in [7, 11) is 0. The van der Waals surface area contributed by atoms with E-state index in [4.69, 9.17) is 49.3 Å². The van der Waals surface area contributed by atoms with Gasteiger partial charge in [0, 0.05) is 49.3 Å². The highest BCUT2D eigenvalue weighted by atomic mass is 14.2. The van der Waals surface area contributed by atoms with E-state index >= 15 is 0 Å². The van der Waals surface area contributed by atoms with E-state index in [-0.39, 0.29) is 12.8 Å². The van der Waals surface area contributed by atoms with Crippen molar-refractivity contribution in [2.24, 2.45) is 23.7 Å². The van der Waals surface area contributed by atoms with Gasteiger partial charge in [0.05, 0.1) is 0 Å². The Morgan fingerprint density at radius 3 is 0.870 bits per heavy atom. The van der Waals surface area contributed by atoms with E-state index < -0.39 is 138 Å². The van der Waals surface area contributed by atoms with Gasteiger partial charge in [-0.1, -0.05) is 328 Å². The molecule has 4 aliphatic rings. The van der Waals surface area contributed by atoms with Crippen molar-refractivity contribution in [1.82, 2.24) is 0 Å². The van der Waals surface area contributed by atoms with Crippen LogP contribution in [0.2, 0.25) is 0 Å². The van der Waals surface area contributed by atoms with E-state index in [0.29, 0.717) is 0 Å². The van der Waals surface area contributed by atoms with Crippen molar-refractivity contribution in [2.75, 3.05) is 0 Å². The minimum atomic E-state index is -3.27. The second-order valence-electron chi connectivity index (χ2n) is 18.9. The van der Waals surface area contributed by atoms with Gasteiger partial charge in [0.25, 0.3) is 0 Å². The zero-order chi connectivity index (χ0) is 89.5. The fourth-order valence-electron chi connectivity index (χ4n) is 6.12. The highest BCUT2D eigenvalue weighted by Gasteiger charge is 2.12. The van der Waals surface area contributed by atoms with E-state index in [2.05, 4.69) is 211 Å². The summed E-state index contributed by atoms with van der Waals surface area (Å²) in [6.45, 7) is 32.8. The maximum absolute atomic E-state index is 7.72. The summed E-state index contributed by atoms with van der Waals surface area (Å²) in [6.07, 6.45) is -51.5. The van der Waals surface area contributed by atoms with E-state index in [0.717, 1.165) is 6.92 Å². The Balaban J connectivity index is 0.000000638. The van der Waals surface area contributed by atoms with Gasteiger partial charge in [0.2, 0.25) is 0 Å². The lowest BCUT2D eigenvalue weighted by Crippen LogP contribution is -2.03. The second-order valence-corrected chi connectivity index (χ2v) is 18.9. The Kier molecular flexibility index (Phi) is 18.0. The number of benzene rings is 6. The lowest BCUT2D eigenvalue weighted by molar-refractivity contribution is 0.349. The van der Waals surface area contributed by atoms with Crippen LogP contribution in [0.3, 0.4) is 0 Å². The molecule has 0 nitrogen and oxygen atoms in total. The monoisotopic (exact) mass is 1080 g/mol. The zero-order valence-electron chi connectivity index (χ0n) is 85.5. The lowest BCUT2D eigenvalue weighted by atomic mass is 9.88. The summed E-state index contributed by atoms with van der Waals surface area (Å²) in [5.41, 5.74) is 17.7. The molecule has 0 spiro atoms. The molecule has 4 aliphatic carbocycles. The minimum absolute atomic E-state index is 0.0685. The number of rotatable bonds is 2. The maximum Gasteiger partial charge on any atom is 0.0269 e. The highest BCUT2D eigenvalue weighted by Crippen LogP contribution is 2.27. The Morgan fingerprint density at radius 2 is 0.571 bits per heavy atom. The quantitative estimate of drug-likeness (QED) is 0.162. The van der Waals surface area contributed by atoms with E-state index in [1.807, 2.05) is 18.2 Å².